The minimum atomic E-state index is -0.0493. The zero-order chi connectivity index (χ0) is 14.4. The molecule has 2 aromatic rings. The lowest BCUT2D eigenvalue weighted by molar-refractivity contribution is 0.276. The van der Waals surface area contributed by atoms with Crippen LogP contribution in [-0.2, 0) is 13.2 Å². The van der Waals surface area contributed by atoms with E-state index in [1.807, 2.05) is 43.3 Å². The van der Waals surface area contributed by atoms with Gasteiger partial charge in [-0.2, -0.15) is 0 Å². The molecule has 0 saturated heterocycles. The first kappa shape index (κ1) is 14.9. The van der Waals surface area contributed by atoms with E-state index in [1.165, 1.54) is 0 Å². The summed E-state index contributed by atoms with van der Waals surface area (Å²) in [5, 5.41) is 13.3. The van der Waals surface area contributed by atoms with Crippen molar-refractivity contribution in [3.63, 3.8) is 0 Å². The molecule has 0 saturated carbocycles. The summed E-state index contributed by atoms with van der Waals surface area (Å²) >= 11 is 6.03. The number of hydrogen-bond acceptors (Lipinski definition) is 3. The molecule has 2 aromatic carbocycles. The molecule has 106 valence electrons. The van der Waals surface area contributed by atoms with Crippen molar-refractivity contribution in [2.24, 2.45) is 0 Å². The van der Waals surface area contributed by atoms with Crippen LogP contribution < -0.4 is 10.1 Å². The van der Waals surface area contributed by atoms with Gasteiger partial charge < -0.3 is 15.2 Å². The van der Waals surface area contributed by atoms with Gasteiger partial charge >= 0.3 is 0 Å². The van der Waals surface area contributed by atoms with Crippen molar-refractivity contribution >= 4 is 11.6 Å². The zero-order valence-corrected chi connectivity index (χ0v) is 12.2. The zero-order valence-electron chi connectivity index (χ0n) is 11.4. The SMILES string of the molecule is CCNCc1cc(Cl)ccc1Oc1ccccc1CO. The summed E-state index contributed by atoms with van der Waals surface area (Å²) in [5.41, 5.74) is 1.75. The second-order valence-corrected chi connectivity index (χ2v) is 4.84. The molecular weight excluding hydrogens is 274 g/mol. The molecule has 0 amide bonds. The molecule has 4 heteroatoms. The van der Waals surface area contributed by atoms with E-state index in [2.05, 4.69) is 5.32 Å². The summed E-state index contributed by atoms with van der Waals surface area (Å²) in [5.74, 6) is 1.41. The molecule has 0 heterocycles. The van der Waals surface area contributed by atoms with E-state index >= 15 is 0 Å². The lowest BCUT2D eigenvalue weighted by atomic mass is 10.2. The third-order valence-electron chi connectivity index (χ3n) is 2.95. The van der Waals surface area contributed by atoms with Gasteiger partial charge in [-0.05, 0) is 30.8 Å². The van der Waals surface area contributed by atoms with Crippen molar-refractivity contribution in [2.45, 2.75) is 20.1 Å². The Bertz CT molecular complexity index is 572. The van der Waals surface area contributed by atoms with Gasteiger partial charge in [-0.1, -0.05) is 36.7 Å². The molecule has 0 bridgehead atoms. The van der Waals surface area contributed by atoms with Crippen LogP contribution in [0.1, 0.15) is 18.1 Å². The number of nitrogens with one attached hydrogen (secondary N) is 1. The van der Waals surface area contributed by atoms with Gasteiger partial charge in [-0.3, -0.25) is 0 Å². The largest absolute Gasteiger partial charge is 0.457 e. The van der Waals surface area contributed by atoms with Gasteiger partial charge in [0.2, 0.25) is 0 Å². The van der Waals surface area contributed by atoms with Crippen molar-refractivity contribution in [3.05, 3.63) is 58.6 Å². The van der Waals surface area contributed by atoms with E-state index in [-0.39, 0.29) is 6.61 Å². The number of rotatable bonds is 6. The molecule has 0 unspecified atom stereocenters. The Morgan fingerprint density at radius 1 is 1.10 bits per heavy atom. The van der Waals surface area contributed by atoms with Crippen molar-refractivity contribution in [1.29, 1.82) is 0 Å². The number of para-hydroxylation sites is 1. The van der Waals surface area contributed by atoms with Crippen LogP contribution in [0, 0.1) is 0 Å². The number of ether oxygens (including phenoxy) is 1. The molecule has 2 N–H and O–H groups in total. The number of aliphatic hydroxyl groups excluding tert-OH is 1. The fourth-order valence-corrected chi connectivity index (χ4v) is 2.09. The molecule has 3 nitrogen and oxygen atoms in total. The Morgan fingerprint density at radius 2 is 1.85 bits per heavy atom. The van der Waals surface area contributed by atoms with E-state index < -0.39 is 0 Å². The summed E-state index contributed by atoms with van der Waals surface area (Å²) in [7, 11) is 0. The maximum atomic E-state index is 9.34. The summed E-state index contributed by atoms with van der Waals surface area (Å²) < 4.78 is 5.92. The average molecular weight is 292 g/mol. The van der Waals surface area contributed by atoms with Crippen LogP contribution in [0.25, 0.3) is 0 Å². The number of halogens is 1. The van der Waals surface area contributed by atoms with E-state index in [4.69, 9.17) is 16.3 Å². The Morgan fingerprint density at radius 3 is 2.60 bits per heavy atom. The Hall–Kier alpha value is -1.55. The number of aliphatic hydroxyl groups is 1. The second-order valence-electron chi connectivity index (χ2n) is 4.40. The minimum Gasteiger partial charge on any atom is -0.457 e. The van der Waals surface area contributed by atoms with Gasteiger partial charge in [0.25, 0.3) is 0 Å². The number of benzene rings is 2. The highest BCUT2D eigenvalue weighted by atomic mass is 35.5. The van der Waals surface area contributed by atoms with Gasteiger partial charge in [0.05, 0.1) is 6.61 Å². The third-order valence-corrected chi connectivity index (χ3v) is 3.19. The topological polar surface area (TPSA) is 41.5 Å². The molecular formula is C16H18ClNO2. The third kappa shape index (κ3) is 3.73. The van der Waals surface area contributed by atoms with E-state index in [1.54, 1.807) is 6.07 Å². The quantitative estimate of drug-likeness (QED) is 0.852. The summed E-state index contributed by atoms with van der Waals surface area (Å²) in [6, 6.07) is 13.0. The highest BCUT2D eigenvalue weighted by Gasteiger charge is 2.08. The van der Waals surface area contributed by atoms with Crippen LogP contribution in [0.15, 0.2) is 42.5 Å². The molecule has 20 heavy (non-hydrogen) atoms. The van der Waals surface area contributed by atoms with Crippen LogP contribution in [-0.4, -0.2) is 11.7 Å². The molecule has 0 spiro atoms. The number of hydrogen-bond donors (Lipinski definition) is 2. The smallest absolute Gasteiger partial charge is 0.132 e. The first-order valence-corrected chi connectivity index (χ1v) is 6.98. The molecule has 0 aliphatic rings. The van der Waals surface area contributed by atoms with Crippen molar-refractivity contribution in [2.75, 3.05) is 6.54 Å². The summed E-state index contributed by atoms with van der Waals surface area (Å²) in [6.07, 6.45) is 0. The van der Waals surface area contributed by atoms with Crippen LogP contribution >= 0.6 is 11.6 Å². The standard InChI is InChI=1S/C16H18ClNO2/c1-2-18-10-13-9-14(17)7-8-16(13)20-15-6-4-3-5-12(15)11-19/h3-9,18-19H,2,10-11H2,1H3. The van der Waals surface area contributed by atoms with E-state index in [0.717, 1.165) is 23.4 Å². The molecule has 0 aliphatic carbocycles. The van der Waals surface area contributed by atoms with Gasteiger partial charge in [0.15, 0.2) is 0 Å². The molecule has 2 rings (SSSR count). The fourth-order valence-electron chi connectivity index (χ4n) is 1.90. The van der Waals surface area contributed by atoms with Gasteiger partial charge in [0.1, 0.15) is 11.5 Å². The Kier molecular flexibility index (Phi) is 5.41. The molecule has 0 radical (unpaired) electrons. The predicted molar refractivity (Wildman–Crippen MR) is 81.3 cm³/mol. The lowest BCUT2D eigenvalue weighted by Gasteiger charge is -2.14. The lowest BCUT2D eigenvalue weighted by Crippen LogP contribution is -2.12. The van der Waals surface area contributed by atoms with Crippen LogP contribution in [0.5, 0.6) is 11.5 Å². The van der Waals surface area contributed by atoms with Gasteiger partial charge in [-0.25, -0.2) is 0 Å². The average Bonchev–Trinajstić information content (AvgIpc) is 2.48. The van der Waals surface area contributed by atoms with Crippen molar-refractivity contribution < 1.29 is 9.84 Å². The maximum Gasteiger partial charge on any atom is 0.132 e. The van der Waals surface area contributed by atoms with Gasteiger partial charge in [-0.15, -0.1) is 0 Å². The highest BCUT2D eigenvalue weighted by Crippen LogP contribution is 2.30. The molecule has 0 fully saturated rings. The van der Waals surface area contributed by atoms with Crippen LogP contribution in [0.4, 0.5) is 0 Å². The summed E-state index contributed by atoms with van der Waals surface area (Å²) in [4.78, 5) is 0. The van der Waals surface area contributed by atoms with Crippen molar-refractivity contribution in [3.8, 4) is 11.5 Å². The van der Waals surface area contributed by atoms with E-state index in [0.29, 0.717) is 17.3 Å². The first-order valence-electron chi connectivity index (χ1n) is 6.60. The highest BCUT2D eigenvalue weighted by molar-refractivity contribution is 6.30. The summed E-state index contributed by atoms with van der Waals surface area (Å²) in [6.45, 7) is 3.56. The molecule has 0 atom stereocenters. The second kappa shape index (κ2) is 7.29. The van der Waals surface area contributed by atoms with Crippen LogP contribution in [0.2, 0.25) is 5.02 Å². The molecule has 0 aromatic heterocycles. The Labute approximate surface area is 124 Å². The first-order chi connectivity index (χ1) is 9.74. The predicted octanol–water partition coefficient (Wildman–Crippen LogP) is 3.73. The normalized spacial score (nSPS) is 10.6. The van der Waals surface area contributed by atoms with Gasteiger partial charge in [0, 0.05) is 22.7 Å². The molecule has 0 aliphatic heterocycles. The monoisotopic (exact) mass is 291 g/mol. The fraction of sp³-hybridized carbons (Fsp3) is 0.250. The minimum absolute atomic E-state index is 0.0493. The van der Waals surface area contributed by atoms with E-state index in [9.17, 15) is 5.11 Å². The maximum absolute atomic E-state index is 9.34. The van der Waals surface area contributed by atoms with Crippen molar-refractivity contribution in [1.82, 2.24) is 5.32 Å². The van der Waals surface area contributed by atoms with Crippen LogP contribution in [0.3, 0.4) is 0 Å². The Balaban J connectivity index is 2.28.